The van der Waals surface area contributed by atoms with Crippen molar-refractivity contribution < 1.29 is 4.39 Å². The van der Waals surface area contributed by atoms with Crippen LogP contribution >= 0.6 is 22.9 Å². The normalized spacial score (nSPS) is 12.6. The van der Waals surface area contributed by atoms with Crippen LogP contribution in [0.3, 0.4) is 0 Å². The highest BCUT2D eigenvalue weighted by Crippen LogP contribution is 2.21. The molecule has 1 aromatic heterocycles. The lowest BCUT2D eigenvalue weighted by atomic mass is 10.1. The van der Waals surface area contributed by atoms with Crippen molar-refractivity contribution in [1.29, 1.82) is 0 Å². The van der Waals surface area contributed by atoms with Gasteiger partial charge >= 0.3 is 0 Å². The molecule has 1 heterocycles. The average molecular weight is 284 g/mol. The molecule has 18 heavy (non-hydrogen) atoms. The van der Waals surface area contributed by atoms with E-state index in [0.717, 1.165) is 22.9 Å². The minimum absolute atomic E-state index is 0.187. The summed E-state index contributed by atoms with van der Waals surface area (Å²) in [5.41, 5.74) is 1.14. The zero-order chi connectivity index (χ0) is 13.0. The lowest BCUT2D eigenvalue weighted by Gasteiger charge is -2.13. The Morgan fingerprint density at radius 1 is 1.22 bits per heavy atom. The molecule has 1 aromatic carbocycles. The summed E-state index contributed by atoms with van der Waals surface area (Å²) in [5.74, 6) is -0.187. The minimum atomic E-state index is -0.187. The van der Waals surface area contributed by atoms with Crippen LogP contribution in [0.5, 0.6) is 0 Å². The summed E-state index contributed by atoms with van der Waals surface area (Å²) in [6, 6.07) is 10.9. The summed E-state index contributed by atoms with van der Waals surface area (Å²) in [7, 11) is 0. The molecule has 0 spiro atoms. The number of hydrogen-bond donors (Lipinski definition) is 1. The second-order valence-electron chi connectivity index (χ2n) is 4.32. The Hall–Kier alpha value is -0.900. The smallest absolute Gasteiger partial charge is 0.123 e. The van der Waals surface area contributed by atoms with Gasteiger partial charge in [0, 0.05) is 17.5 Å². The van der Waals surface area contributed by atoms with E-state index >= 15 is 0 Å². The molecule has 0 bridgehead atoms. The van der Waals surface area contributed by atoms with E-state index in [-0.39, 0.29) is 5.82 Å². The minimum Gasteiger partial charge on any atom is -0.309 e. The Labute approximate surface area is 116 Å². The molecular formula is C14H15ClFNS. The standard InChI is InChI=1S/C14H15ClFNS/c1-10(8-11-2-4-12(16)5-3-11)17-9-13-6-7-14(15)18-13/h2-7,10,17H,8-9H2,1H3. The Balaban J connectivity index is 1.81. The van der Waals surface area contributed by atoms with E-state index < -0.39 is 0 Å². The monoisotopic (exact) mass is 283 g/mol. The molecule has 1 unspecified atom stereocenters. The van der Waals surface area contributed by atoms with E-state index in [1.54, 1.807) is 11.3 Å². The molecular weight excluding hydrogens is 269 g/mol. The summed E-state index contributed by atoms with van der Waals surface area (Å²) in [6.45, 7) is 2.94. The summed E-state index contributed by atoms with van der Waals surface area (Å²) in [6.07, 6.45) is 0.888. The third kappa shape index (κ3) is 4.09. The van der Waals surface area contributed by atoms with E-state index in [1.165, 1.54) is 17.0 Å². The molecule has 0 saturated heterocycles. The van der Waals surface area contributed by atoms with Gasteiger partial charge in [0.1, 0.15) is 5.82 Å². The van der Waals surface area contributed by atoms with E-state index in [2.05, 4.69) is 12.2 Å². The van der Waals surface area contributed by atoms with Crippen molar-refractivity contribution in [2.45, 2.75) is 25.9 Å². The summed E-state index contributed by atoms with van der Waals surface area (Å²) >= 11 is 7.47. The van der Waals surface area contributed by atoms with Gasteiger partial charge in [-0.25, -0.2) is 4.39 Å². The number of nitrogens with one attached hydrogen (secondary N) is 1. The van der Waals surface area contributed by atoms with Gasteiger partial charge in [0.25, 0.3) is 0 Å². The highest BCUT2D eigenvalue weighted by atomic mass is 35.5. The molecule has 1 nitrogen and oxygen atoms in total. The SMILES string of the molecule is CC(Cc1ccc(F)cc1)NCc1ccc(Cl)s1. The predicted molar refractivity (Wildman–Crippen MR) is 75.7 cm³/mol. The summed E-state index contributed by atoms with van der Waals surface area (Å²) in [5, 5.41) is 3.43. The topological polar surface area (TPSA) is 12.0 Å². The maximum absolute atomic E-state index is 12.8. The van der Waals surface area contributed by atoms with Crippen molar-refractivity contribution in [2.75, 3.05) is 0 Å². The van der Waals surface area contributed by atoms with Crippen LogP contribution in [0.2, 0.25) is 4.34 Å². The lowest BCUT2D eigenvalue weighted by molar-refractivity contribution is 0.548. The second-order valence-corrected chi connectivity index (χ2v) is 6.12. The van der Waals surface area contributed by atoms with Crippen LogP contribution in [0.25, 0.3) is 0 Å². The fourth-order valence-electron chi connectivity index (χ4n) is 1.77. The van der Waals surface area contributed by atoms with Crippen LogP contribution in [-0.4, -0.2) is 6.04 Å². The van der Waals surface area contributed by atoms with Gasteiger partial charge in [0.15, 0.2) is 0 Å². The summed E-state index contributed by atoms with van der Waals surface area (Å²) in [4.78, 5) is 1.23. The lowest BCUT2D eigenvalue weighted by Crippen LogP contribution is -2.27. The van der Waals surface area contributed by atoms with Crippen LogP contribution < -0.4 is 5.32 Å². The van der Waals surface area contributed by atoms with Crippen LogP contribution in [-0.2, 0) is 13.0 Å². The average Bonchev–Trinajstić information content (AvgIpc) is 2.76. The third-order valence-electron chi connectivity index (χ3n) is 2.71. The molecule has 0 fully saturated rings. The quantitative estimate of drug-likeness (QED) is 0.864. The van der Waals surface area contributed by atoms with Gasteiger partial charge in [0.05, 0.1) is 4.34 Å². The number of thiophene rings is 1. The first-order chi connectivity index (χ1) is 8.63. The van der Waals surface area contributed by atoms with Crippen molar-refractivity contribution in [3.63, 3.8) is 0 Å². The van der Waals surface area contributed by atoms with Gasteiger partial charge in [-0.2, -0.15) is 0 Å². The molecule has 1 atom stereocenters. The molecule has 96 valence electrons. The van der Waals surface area contributed by atoms with Crippen molar-refractivity contribution in [1.82, 2.24) is 5.32 Å². The van der Waals surface area contributed by atoms with Gasteiger partial charge in [-0.05, 0) is 43.2 Å². The van der Waals surface area contributed by atoms with Crippen molar-refractivity contribution in [2.24, 2.45) is 0 Å². The molecule has 2 rings (SSSR count). The number of hydrogen-bond acceptors (Lipinski definition) is 2. The van der Waals surface area contributed by atoms with Crippen LogP contribution in [0, 0.1) is 5.82 Å². The molecule has 4 heteroatoms. The number of halogens is 2. The molecule has 0 saturated carbocycles. The summed E-state index contributed by atoms with van der Waals surface area (Å²) < 4.78 is 13.6. The van der Waals surface area contributed by atoms with Gasteiger partial charge in [0.2, 0.25) is 0 Å². The maximum Gasteiger partial charge on any atom is 0.123 e. The predicted octanol–water partition coefficient (Wildman–Crippen LogP) is 4.26. The van der Waals surface area contributed by atoms with Crippen molar-refractivity contribution in [3.05, 3.63) is 57.0 Å². The molecule has 0 aliphatic carbocycles. The maximum atomic E-state index is 12.8. The van der Waals surface area contributed by atoms with Gasteiger partial charge < -0.3 is 5.32 Å². The van der Waals surface area contributed by atoms with Gasteiger partial charge in [-0.1, -0.05) is 23.7 Å². The Morgan fingerprint density at radius 3 is 2.56 bits per heavy atom. The third-order valence-corrected chi connectivity index (χ3v) is 3.94. The van der Waals surface area contributed by atoms with Gasteiger partial charge in [-0.3, -0.25) is 0 Å². The fraction of sp³-hybridized carbons (Fsp3) is 0.286. The Kier molecular flexibility index (Phi) is 4.75. The fourth-order valence-corrected chi connectivity index (χ4v) is 2.81. The largest absolute Gasteiger partial charge is 0.309 e. The van der Waals surface area contributed by atoms with Crippen LogP contribution in [0.15, 0.2) is 36.4 Å². The molecule has 1 N–H and O–H groups in total. The first kappa shape index (κ1) is 13.5. The zero-order valence-electron chi connectivity index (χ0n) is 10.1. The van der Waals surface area contributed by atoms with Crippen molar-refractivity contribution in [3.8, 4) is 0 Å². The second kappa shape index (κ2) is 6.32. The molecule has 0 aliphatic rings. The van der Waals surface area contributed by atoms with Crippen molar-refractivity contribution >= 4 is 22.9 Å². The number of rotatable bonds is 5. The van der Waals surface area contributed by atoms with E-state index in [1.807, 2.05) is 24.3 Å². The first-order valence-corrected chi connectivity index (χ1v) is 7.05. The van der Waals surface area contributed by atoms with Crippen LogP contribution in [0.1, 0.15) is 17.4 Å². The zero-order valence-corrected chi connectivity index (χ0v) is 11.7. The van der Waals surface area contributed by atoms with E-state index in [9.17, 15) is 4.39 Å². The van der Waals surface area contributed by atoms with E-state index in [4.69, 9.17) is 11.6 Å². The van der Waals surface area contributed by atoms with Crippen LogP contribution in [0.4, 0.5) is 4.39 Å². The highest BCUT2D eigenvalue weighted by Gasteiger charge is 2.04. The number of benzene rings is 1. The molecule has 0 aliphatic heterocycles. The first-order valence-electron chi connectivity index (χ1n) is 5.85. The Morgan fingerprint density at radius 2 is 1.94 bits per heavy atom. The molecule has 2 aromatic rings. The van der Waals surface area contributed by atoms with E-state index in [0.29, 0.717) is 6.04 Å². The molecule has 0 amide bonds. The molecule has 0 radical (unpaired) electrons. The highest BCUT2D eigenvalue weighted by molar-refractivity contribution is 7.16. The van der Waals surface area contributed by atoms with Gasteiger partial charge in [-0.15, -0.1) is 11.3 Å². The Bertz CT molecular complexity index is 495.